The number of hydrogen-bond acceptors (Lipinski definition) is 5. The van der Waals surface area contributed by atoms with Gasteiger partial charge < -0.3 is 10.4 Å². The molecule has 0 saturated carbocycles. The van der Waals surface area contributed by atoms with Gasteiger partial charge in [-0.3, -0.25) is 9.59 Å². The normalized spacial score (nSPS) is 19.9. The summed E-state index contributed by atoms with van der Waals surface area (Å²) < 4.78 is 38.4. The van der Waals surface area contributed by atoms with Gasteiger partial charge in [0.05, 0.1) is 18.2 Å². The van der Waals surface area contributed by atoms with Gasteiger partial charge in [-0.2, -0.15) is 18.3 Å². The highest BCUT2D eigenvalue weighted by Crippen LogP contribution is 2.33. The highest BCUT2D eigenvalue weighted by molar-refractivity contribution is 14.1. The lowest BCUT2D eigenvalue weighted by molar-refractivity contribution is -0.139. The third kappa shape index (κ3) is 4.69. The van der Waals surface area contributed by atoms with E-state index in [2.05, 4.69) is 15.5 Å². The summed E-state index contributed by atoms with van der Waals surface area (Å²) >= 11 is 2.48. The number of amidine groups is 1. The first kappa shape index (κ1) is 18.7. The van der Waals surface area contributed by atoms with Crippen molar-refractivity contribution in [3.8, 4) is 0 Å². The van der Waals surface area contributed by atoms with Crippen LogP contribution in [0.2, 0.25) is 0 Å². The first-order valence-electron chi connectivity index (χ1n) is 6.34. The molecule has 1 aromatic rings. The number of amides is 1. The number of carboxylic acid groups (broad SMARTS) is 1. The number of carbonyl (C=O) groups excluding carboxylic acids is 1. The lowest BCUT2D eigenvalue weighted by Gasteiger charge is -2.10. The molecule has 1 saturated heterocycles. The van der Waals surface area contributed by atoms with Crippen LogP contribution in [-0.4, -0.2) is 33.6 Å². The summed E-state index contributed by atoms with van der Waals surface area (Å²) in [7, 11) is 0. The molecule has 0 radical (unpaired) electrons. The average molecular weight is 471 g/mol. The summed E-state index contributed by atoms with van der Waals surface area (Å²) in [6.45, 7) is 0. The number of hydrogen-bond donors (Lipinski definition) is 2. The maximum atomic E-state index is 12.8. The van der Waals surface area contributed by atoms with E-state index in [1.807, 2.05) is 0 Å². The molecule has 1 fully saturated rings. The maximum Gasteiger partial charge on any atom is 0.417 e. The predicted octanol–water partition coefficient (Wildman–Crippen LogP) is 2.71. The molecule has 0 aliphatic carbocycles. The predicted molar refractivity (Wildman–Crippen MR) is 91.0 cm³/mol. The Kier molecular flexibility index (Phi) is 5.85. The van der Waals surface area contributed by atoms with Crippen LogP contribution >= 0.6 is 34.4 Å². The van der Waals surface area contributed by atoms with Crippen LogP contribution in [0.15, 0.2) is 28.4 Å². The van der Waals surface area contributed by atoms with Crippen LogP contribution < -0.4 is 5.32 Å². The number of rotatable bonds is 4. The van der Waals surface area contributed by atoms with E-state index in [1.54, 1.807) is 22.6 Å². The highest BCUT2D eigenvalue weighted by atomic mass is 127. The fourth-order valence-electron chi connectivity index (χ4n) is 1.76. The molecule has 1 aromatic carbocycles. The van der Waals surface area contributed by atoms with Crippen molar-refractivity contribution in [2.75, 3.05) is 0 Å². The van der Waals surface area contributed by atoms with E-state index in [0.29, 0.717) is 0 Å². The van der Waals surface area contributed by atoms with Gasteiger partial charge in [0.25, 0.3) is 0 Å². The van der Waals surface area contributed by atoms with Crippen LogP contribution in [0, 0.1) is 3.57 Å². The van der Waals surface area contributed by atoms with Gasteiger partial charge in [0.1, 0.15) is 5.25 Å². The summed E-state index contributed by atoms with van der Waals surface area (Å²) in [5.41, 5.74) is -0.545. The minimum absolute atomic E-state index is 0.0154. The molecular weight excluding hydrogens is 462 g/mol. The molecule has 2 N–H and O–H groups in total. The number of nitrogens with one attached hydrogen (secondary N) is 1. The summed E-state index contributed by atoms with van der Waals surface area (Å²) in [6, 6.07) is 3.68. The Morgan fingerprint density at radius 1 is 1.46 bits per heavy atom. The van der Waals surface area contributed by atoms with Crippen LogP contribution in [0.5, 0.6) is 0 Å². The van der Waals surface area contributed by atoms with Crippen molar-refractivity contribution < 1.29 is 27.9 Å². The van der Waals surface area contributed by atoms with E-state index in [0.717, 1.165) is 24.0 Å². The van der Waals surface area contributed by atoms with E-state index in [9.17, 15) is 22.8 Å². The first-order chi connectivity index (χ1) is 11.2. The van der Waals surface area contributed by atoms with Gasteiger partial charge in [0.2, 0.25) is 5.91 Å². The molecular formula is C13H9F3IN3O3S. The van der Waals surface area contributed by atoms with Gasteiger partial charge in [-0.15, -0.1) is 5.10 Å². The van der Waals surface area contributed by atoms with Gasteiger partial charge in [-0.05, 0) is 28.7 Å². The van der Waals surface area contributed by atoms with Gasteiger partial charge in [0, 0.05) is 9.13 Å². The molecule has 6 nitrogen and oxygen atoms in total. The van der Waals surface area contributed by atoms with Crippen LogP contribution in [0.25, 0.3) is 0 Å². The first-order valence-corrected chi connectivity index (χ1v) is 8.30. The van der Waals surface area contributed by atoms with E-state index >= 15 is 0 Å². The molecule has 1 atom stereocenters. The van der Waals surface area contributed by atoms with Crippen molar-refractivity contribution in [2.24, 2.45) is 10.2 Å². The Morgan fingerprint density at radius 3 is 2.79 bits per heavy atom. The standard InChI is InChI=1S/C13H9F3IN3O3S/c14-13(15,16)7-3-1-2-6(10(7)17)5-18-20-12-19-11(23)8(24-12)4-9(21)22/h1-3,5,8H,4H2,(H,21,22)(H,19,20,23). The van der Waals surface area contributed by atoms with Crippen LogP contribution in [0.4, 0.5) is 13.2 Å². The number of aliphatic carboxylic acids is 1. The Bertz CT molecular complexity index is 737. The molecule has 1 aliphatic rings. The molecule has 0 bridgehead atoms. The molecule has 24 heavy (non-hydrogen) atoms. The largest absolute Gasteiger partial charge is 0.481 e. The van der Waals surface area contributed by atoms with Gasteiger partial charge >= 0.3 is 12.1 Å². The lowest BCUT2D eigenvalue weighted by atomic mass is 10.1. The van der Waals surface area contributed by atoms with Gasteiger partial charge in [-0.1, -0.05) is 23.9 Å². The maximum absolute atomic E-state index is 12.8. The van der Waals surface area contributed by atoms with Crippen molar-refractivity contribution in [3.05, 3.63) is 32.9 Å². The minimum atomic E-state index is -4.47. The number of halogens is 4. The molecule has 11 heteroatoms. The zero-order valence-corrected chi connectivity index (χ0v) is 14.6. The van der Waals surface area contributed by atoms with Crippen molar-refractivity contribution in [1.29, 1.82) is 0 Å². The van der Waals surface area contributed by atoms with Crippen molar-refractivity contribution >= 4 is 57.6 Å². The van der Waals surface area contributed by atoms with E-state index in [1.165, 1.54) is 12.1 Å². The molecule has 1 heterocycles. The van der Waals surface area contributed by atoms with E-state index < -0.39 is 28.9 Å². The smallest absolute Gasteiger partial charge is 0.417 e. The topological polar surface area (TPSA) is 91.1 Å². The second kappa shape index (κ2) is 7.51. The quantitative estimate of drug-likeness (QED) is 0.402. The molecule has 1 amide bonds. The molecule has 2 rings (SSSR count). The third-order valence-electron chi connectivity index (χ3n) is 2.82. The summed E-state index contributed by atoms with van der Waals surface area (Å²) in [4.78, 5) is 22.1. The van der Waals surface area contributed by atoms with Gasteiger partial charge in [-0.25, -0.2) is 0 Å². The summed E-state index contributed by atoms with van der Waals surface area (Å²) in [6.07, 6.45) is -3.68. The molecule has 1 unspecified atom stereocenters. The Morgan fingerprint density at radius 2 is 2.17 bits per heavy atom. The monoisotopic (exact) mass is 471 g/mol. The van der Waals surface area contributed by atoms with Crippen molar-refractivity contribution in [1.82, 2.24) is 5.32 Å². The van der Waals surface area contributed by atoms with Gasteiger partial charge in [0.15, 0.2) is 5.17 Å². The van der Waals surface area contributed by atoms with Crippen molar-refractivity contribution in [2.45, 2.75) is 17.8 Å². The molecule has 0 aromatic heterocycles. The number of nitrogens with zero attached hydrogens (tertiary/aromatic N) is 2. The number of carboxylic acids is 1. The summed E-state index contributed by atoms with van der Waals surface area (Å²) in [5.74, 6) is -1.61. The Hall–Kier alpha value is -1.63. The van der Waals surface area contributed by atoms with Crippen molar-refractivity contribution in [3.63, 3.8) is 0 Å². The average Bonchev–Trinajstić information content (AvgIpc) is 2.79. The molecule has 128 valence electrons. The third-order valence-corrected chi connectivity index (χ3v) is 5.09. The fraction of sp³-hybridized carbons (Fsp3) is 0.231. The zero-order valence-electron chi connectivity index (χ0n) is 11.7. The number of carbonyl (C=O) groups is 2. The Balaban J connectivity index is 2.13. The summed E-state index contributed by atoms with van der Waals surface area (Å²) in [5, 5.41) is 17.7. The highest BCUT2D eigenvalue weighted by Gasteiger charge is 2.33. The number of thioether (sulfide) groups is 1. The SMILES string of the molecule is O=C(O)CC1SC(=NN=Cc2cccc(C(F)(F)F)c2I)NC1=O. The minimum Gasteiger partial charge on any atom is -0.481 e. The zero-order chi connectivity index (χ0) is 17.9. The van der Waals surface area contributed by atoms with E-state index in [4.69, 9.17) is 5.11 Å². The fourth-order valence-corrected chi connectivity index (χ4v) is 3.48. The van der Waals surface area contributed by atoms with Crippen LogP contribution in [0.3, 0.4) is 0 Å². The lowest BCUT2D eigenvalue weighted by Crippen LogP contribution is -2.26. The Labute approximate surface area is 151 Å². The molecule has 0 spiro atoms. The number of benzene rings is 1. The van der Waals surface area contributed by atoms with Crippen LogP contribution in [-0.2, 0) is 15.8 Å². The second-order valence-electron chi connectivity index (χ2n) is 4.55. The van der Waals surface area contributed by atoms with Crippen LogP contribution in [0.1, 0.15) is 17.5 Å². The van der Waals surface area contributed by atoms with E-state index in [-0.39, 0.29) is 20.7 Å². The molecule has 1 aliphatic heterocycles. The number of alkyl halides is 3. The second-order valence-corrected chi connectivity index (χ2v) is 6.82.